The molecule has 3 atom stereocenters. The van der Waals surface area contributed by atoms with E-state index in [4.69, 9.17) is 4.74 Å². The maximum atomic E-state index is 12.2. The molecule has 6 heteroatoms. The number of fused-ring (bicyclic) bond motifs is 6. The summed E-state index contributed by atoms with van der Waals surface area (Å²) in [6, 6.07) is 5.15. The first-order valence-corrected chi connectivity index (χ1v) is 7.44. The molecule has 0 bridgehead atoms. The van der Waals surface area contributed by atoms with Crippen molar-refractivity contribution in [1.29, 1.82) is 0 Å². The summed E-state index contributed by atoms with van der Waals surface area (Å²) in [5.74, 6) is -0.238. The smallest absolute Gasteiger partial charge is 0.337 e. The molecule has 2 amide bonds. The SMILES string of the molecule is COC(=O)c1ccc2c(c1)[C@@H]1NC(=O)C[C@@H]1[C@@H]1CCC(=O)N21. The quantitative estimate of drug-likeness (QED) is 0.790. The van der Waals surface area contributed by atoms with Crippen LogP contribution in [0.1, 0.15) is 41.2 Å². The van der Waals surface area contributed by atoms with E-state index in [0.29, 0.717) is 18.4 Å². The highest BCUT2D eigenvalue weighted by atomic mass is 16.5. The lowest BCUT2D eigenvalue weighted by Gasteiger charge is -2.39. The van der Waals surface area contributed by atoms with Crippen LogP contribution in [0.3, 0.4) is 0 Å². The molecule has 1 aromatic carbocycles. The second kappa shape index (κ2) is 4.56. The average Bonchev–Trinajstić information content (AvgIpc) is 3.09. The molecule has 0 aromatic heterocycles. The Labute approximate surface area is 127 Å². The van der Waals surface area contributed by atoms with Crippen molar-refractivity contribution in [3.8, 4) is 0 Å². The monoisotopic (exact) mass is 300 g/mol. The van der Waals surface area contributed by atoms with Gasteiger partial charge in [0, 0.05) is 30.5 Å². The number of hydrogen-bond donors (Lipinski definition) is 1. The molecule has 1 aromatic rings. The lowest BCUT2D eigenvalue weighted by atomic mass is 9.81. The van der Waals surface area contributed by atoms with Crippen LogP contribution in [-0.4, -0.2) is 30.9 Å². The maximum absolute atomic E-state index is 12.2. The molecule has 6 nitrogen and oxygen atoms in total. The van der Waals surface area contributed by atoms with Crippen LogP contribution in [0.4, 0.5) is 5.69 Å². The van der Waals surface area contributed by atoms with Crippen molar-refractivity contribution >= 4 is 23.5 Å². The van der Waals surface area contributed by atoms with Gasteiger partial charge in [-0.15, -0.1) is 0 Å². The van der Waals surface area contributed by atoms with Crippen molar-refractivity contribution in [2.75, 3.05) is 12.0 Å². The van der Waals surface area contributed by atoms with Gasteiger partial charge >= 0.3 is 5.97 Å². The van der Waals surface area contributed by atoms with E-state index in [1.54, 1.807) is 18.2 Å². The summed E-state index contributed by atoms with van der Waals surface area (Å²) in [6.45, 7) is 0. The highest BCUT2D eigenvalue weighted by molar-refractivity contribution is 6.00. The summed E-state index contributed by atoms with van der Waals surface area (Å²) in [5.41, 5.74) is 2.08. The minimum Gasteiger partial charge on any atom is -0.465 e. The number of methoxy groups -OCH3 is 1. The van der Waals surface area contributed by atoms with Crippen LogP contribution >= 0.6 is 0 Å². The largest absolute Gasteiger partial charge is 0.465 e. The Balaban J connectivity index is 1.86. The summed E-state index contributed by atoms with van der Waals surface area (Å²) < 4.78 is 4.76. The number of hydrogen-bond acceptors (Lipinski definition) is 4. The molecular formula is C16H16N2O4. The molecule has 3 aliphatic heterocycles. The van der Waals surface area contributed by atoms with Gasteiger partial charge in [0.2, 0.25) is 11.8 Å². The van der Waals surface area contributed by atoms with Gasteiger partial charge in [0.1, 0.15) is 0 Å². The number of carbonyl (C=O) groups is 3. The van der Waals surface area contributed by atoms with Crippen molar-refractivity contribution in [2.24, 2.45) is 5.92 Å². The molecule has 3 heterocycles. The highest BCUT2D eigenvalue weighted by Crippen LogP contribution is 2.48. The molecule has 4 rings (SSSR count). The lowest BCUT2D eigenvalue weighted by Crippen LogP contribution is -2.45. The molecule has 22 heavy (non-hydrogen) atoms. The molecule has 3 aliphatic rings. The Morgan fingerprint density at radius 1 is 1.36 bits per heavy atom. The Hall–Kier alpha value is -2.37. The van der Waals surface area contributed by atoms with Gasteiger partial charge in [-0.3, -0.25) is 9.59 Å². The second-order valence-electron chi connectivity index (χ2n) is 6.05. The van der Waals surface area contributed by atoms with Crippen LogP contribution in [0.2, 0.25) is 0 Å². The van der Waals surface area contributed by atoms with Crippen LogP contribution in [0.5, 0.6) is 0 Å². The summed E-state index contributed by atoms with van der Waals surface area (Å²) in [4.78, 5) is 37.7. The van der Waals surface area contributed by atoms with Crippen LogP contribution < -0.4 is 10.2 Å². The van der Waals surface area contributed by atoms with Crippen LogP contribution in [0.25, 0.3) is 0 Å². The number of nitrogens with one attached hydrogen (secondary N) is 1. The van der Waals surface area contributed by atoms with E-state index >= 15 is 0 Å². The van der Waals surface area contributed by atoms with Crippen LogP contribution in [0.15, 0.2) is 18.2 Å². The van der Waals surface area contributed by atoms with Gasteiger partial charge in [0.05, 0.1) is 18.7 Å². The number of nitrogens with zero attached hydrogens (tertiary/aromatic N) is 1. The van der Waals surface area contributed by atoms with Crippen LogP contribution in [-0.2, 0) is 14.3 Å². The summed E-state index contributed by atoms with van der Waals surface area (Å²) >= 11 is 0. The highest BCUT2D eigenvalue weighted by Gasteiger charge is 2.50. The van der Waals surface area contributed by atoms with Crippen molar-refractivity contribution < 1.29 is 19.1 Å². The van der Waals surface area contributed by atoms with Crippen molar-refractivity contribution in [1.82, 2.24) is 5.32 Å². The predicted molar refractivity (Wildman–Crippen MR) is 77.3 cm³/mol. The fourth-order valence-corrected chi connectivity index (χ4v) is 4.03. The fourth-order valence-electron chi connectivity index (χ4n) is 4.03. The van der Waals surface area contributed by atoms with Gasteiger partial charge in [-0.25, -0.2) is 4.79 Å². The molecule has 0 aliphatic carbocycles. The van der Waals surface area contributed by atoms with E-state index in [2.05, 4.69) is 5.32 Å². The summed E-state index contributed by atoms with van der Waals surface area (Å²) in [5, 5.41) is 2.99. The number of esters is 1. The predicted octanol–water partition coefficient (Wildman–Crippen LogP) is 1.16. The summed E-state index contributed by atoms with van der Waals surface area (Å²) in [6.07, 6.45) is 1.73. The zero-order chi connectivity index (χ0) is 15.4. The molecule has 2 fully saturated rings. The molecule has 1 N–H and O–H groups in total. The van der Waals surface area contributed by atoms with Crippen LogP contribution in [0, 0.1) is 5.92 Å². The van der Waals surface area contributed by atoms with E-state index in [0.717, 1.165) is 17.7 Å². The van der Waals surface area contributed by atoms with Crippen molar-refractivity contribution in [3.05, 3.63) is 29.3 Å². The zero-order valence-corrected chi connectivity index (χ0v) is 12.2. The van der Waals surface area contributed by atoms with E-state index in [1.807, 2.05) is 4.90 Å². The molecule has 0 unspecified atom stereocenters. The van der Waals surface area contributed by atoms with Gasteiger partial charge < -0.3 is 15.0 Å². The third-order valence-electron chi connectivity index (χ3n) is 4.96. The standard InChI is InChI=1S/C16H16N2O4/c1-22-16(21)8-2-3-11-9(6-8)15-10(7-13(19)17-15)12-4-5-14(20)18(11)12/h2-3,6,10,12,15H,4-5,7H2,1H3,(H,17,19)/t10-,12+,15+/m1/s1. The van der Waals surface area contributed by atoms with Gasteiger partial charge in [-0.1, -0.05) is 0 Å². The number of anilines is 1. The Morgan fingerprint density at radius 2 is 2.18 bits per heavy atom. The summed E-state index contributed by atoms with van der Waals surface area (Å²) in [7, 11) is 1.34. The first-order chi connectivity index (χ1) is 10.6. The first kappa shape index (κ1) is 13.3. The van der Waals surface area contributed by atoms with E-state index in [9.17, 15) is 14.4 Å². The van der Waals surface area contributed by atoms with E-state index in [-0.39, 0.29) is 29.8 Å². The fraction of sp³-hybridized carbons (Fsp3) is 0.438. The minimum atomic E-state index is -0.418. The lowest BCUT2D eigenvalue weighted by molar-refractivity contribution is -0.120. The number of rotatable bonds is 1. The number of ether oxygens (including phenoxy) is 1. The van der Waals surface area contributed by atoms with Gasteiger partial charge in [-0.2, -0.15) is 0 Å². The first-order valence-electron chi connectivity index (χ1n) is 7.44. The third-order valence-corrected chi connectivity index (χ3v) is 4.96. The molecule has 2 saturated heterocycles. The average molecular weight is 300 g/mol. The topological polar surface area (TPSA) is 75.7 Å². The Bertz CT molecular complexity index is 699. The molecule has 0 saturated carbocycles. The number of benzene rings is 1. The van der Waals surface area contributed by atoms with Crippen molar-refractivity contribution in [2.45, 2.75) is 31.3 Å². The van der Waals surface area contributed by atoms with E-state index < -0.39 is 5.97 Å². The number of carbonyl (C=O) groups excluding carboxylic acids is 3. The molecule has 114 valence electrons. The van der Waals surface area contributed by atoms with Crippen molar-refractivity contribution in [3.63, 3.8) is 0 Å². The number of amides is 2. The minimum absolute atomic E-state index is 0.00520. The third kappa shape index (κ3) is 1.70. The Kier molecular flexibility index (Phi) is 2.76. The Morgan fingerprint density at radius 3 is 2.95 bits per heavy atom. The second-order valence-corrected chi connectivity index (χ2v) is 6.05. The molecule has 0 radical (unpaired) electrons. The normalized spacial score (nSPS) is 28.8. The zero-order valence-electron chi connectivity index (χ0n) is 12.2. The maximum Gasteiger partial charge on any atom is 0.337 e. The van der Waals surface area contributed by atoms with E-state index in [1.165, 1.54) is 7.11 Å². The molecular weight excluding hydrogens is 284 g/mol. The van der Waals surface area contributed by atoms with Gasteiger partial charge in [0.25, 0.3) is 0 Å². The van der Waals surface area contributed by atoms with Gasteiger partial charge in [0.15, 0.2) is 0 Å². The van der Waals surface area contributed by atoms with Gasteiger partial charge in [-0.05, 0) is 30.2 Å². The molecule has 0 spiro atoms.